The Kier molecular flexibility index (Phi) is 5.39. The van der Waals surface area contributed by atoms with E-state index in [1.54, 1.807) is 18.2 Å². The van der Waals surface area contributed by atoms with Gasteiger partial charge in [-0.3, -0.25) is 0 Å². The largest absolute Gasteiger partial charge is 0.310 e. The highest BCUT2D eigenvalue weighted by Crippen LogP contribution is 2.23. The van der Waals surface area contributed by atoms with Crippen molar-refractivity contribution in [3.05, 3.63) is 71.0 Å². The van der Waals surface area contributed by atoms with Crippen LogP contribution in [0.2, 0.25) is 0 Å². The molecular formula is C17H18F3N. The molecule has 2 rings (SSSR count). The van der Waals surface area contributed by atoms with Crippen LogP contribution in [0.3, 0.4) is 0 Å². The quantitative estimate of drug-likeness (QED) is 0.833. The van der Waals surface area contributed by atoms with Gasteiger partial charge in [0, 0.05) is 11.6 Å². The summed E-state index contributed by atoms with van der Waals surface area (Å²) in [4.78, 5) is 0. The molecule has 2 aromatic carbocycles. The second kappa shape index (κ2) is 7.27. The second-order valence-electron chi connectivity index (χ2n) is 4.97. The van der Waals surface area contributed by atoms with Gasteiger partial charge in [0.05, 0.1) is 0 Å². The third-order valence-electron chi connectivity index (χ3n) is 3.36. The smallest absolute Gasteiger partial charge is 0.128 e. The minimum absolute atomic E-state index is 0.228. The van der Waals surface area contributed by atoms with Crippen LogP contribution in [0.5, 0.6) is 0 Å². The van der Waals surface area contributed by atoms with E-state index in [2.05, 4.69) is 5.32 Å². The molecule has 0 saturated carbocycles. The van der Waals surface area contributed by atoms with Crippen molar-refractivity contribution >= 4 is 0 Å². The predicted molar refractivity (Wildman–Crippen MR) is 77.5 cm³/mol. The lowest BCUT2D eigenvalue weighted by molar-refractivity contribution is 0.481. The van der Waals surface area contributed by atoms with Gasteiger partial charge in [-0.15, -0.1) is 0 Å². The van der Waals surface area contributed by atoms with Crippen molar-refractivity contribution in [3.8, 4) is 0 Å². The number of benzene rings is 2. The van der Waals surface area contributed by atoms with Crippen molar-refractivity contribution in [2.24, 2.45) is 0 Å². The van der Waals surface area contributed by atoms with Gasteiger partial charge in [-0.1, -0.05) is 25.1 Å². The van der Waals surface area contributed by atoms with Crippen LogP contribution in [0.25, 0.3) is 0 Å². The second-order valence-corrected chi connectivity index (χ2v) is 4.97. The predicted octanol–water partition coefficient (Wildman–Crippen LogP) is 4.39. The summed E-state index contributed by atoms with van der Waals surface area (Å²) in [6, 6.07) is 9.27. The SMILES string of the molecule is CCCNC(Cc1ccccc1F)c1cc(F)ccc1F. The molecule has 4 heteroatoms. The van der Waals surface area contributed by atoms with E-state index in [0.29, 0.717) is 12.1 Å². The van der Waals surface area contributed by atoms with E-state index in [0.717, 1.165) is 18.6 Å². The van der Waals surface area contributed by atoms with Crippen molar-refractivity contribution in [2.45, 2.75) is 25.8 Å². The molecule has 0 bridgehead atoms. The Morgan fingerprint density at radius 2 is 1.76 bits per heavy atom. The van der Waals surface area contributed by atoms with Crippen LogP contribution in [-0.2, 0) is 6.42 Å². The summed E-state index contributed by atoms with van der Waals surface area (Å²) in [5.74, 6) is -1.32. The van der Waals surface area contributed by atoms with Gasteiger partial charge in [0.25, 0.3) is 0 Å². The average Bonchev–Trinajstić information content (AvgIpc) is 2.48. The zero-order chi connectivity index (χ0) is 15.2. The molecule has 0 amide bonds. The average molecular weight is 293 g/mol. The van der Waals surface area contributed by atoms with E-state index in [4.69, 9.17) is 0 Å². The highest BCUT2D eigenvalue weighted by molar-refractivity contribution is 5.26. The molecule has 0 spiro atoms. The van der Waals surface area contributed by atoms with Gasteiger partial charge in [-0.25, -0.2) is 13.2 Å². The molecule has 0 aliphatic rings. The summed E-state index contributed by atoms with van der Waals surface area (Å²) in [7, 11) is 0. The topological polar surface area (TPSA) is 12.0 Å². The molecule has 0 aromatic heterocycles. The third-order valence-corrected chi connectivity index (χ3v) is 3.36. The van der Waals surface area contributed by atoms with Gasteiger partial charge < -0.3 is 5.32 Å². The summed E-state index contributed by atoms with van der Waals surface area (Å²) in [6.07, 6.45) is 1.12. The molecule has 0 heterocycles. The highest BCUT2D eigenvalue weighted by atomic mass is 19.1. The van der Waals surface area contributed by atoms with Crippen molar-refractivity contribution in [3.63, 3.8) is 0 Å². The Balaban J connectivity index is 2.30. The molecule has 0 aliphatic carbocycles. The molecule has 0 radical (unpaired) electrons. The summed E-state index contributed by atoms with van der Waals surface area (Å²) in [6.45, 7) is 2.63. The number of halogens is 3. The first-order valence-corrected chi connectivity index (χ1v) is 7.03. The maximum absolute atomic E-state index is 13.9. The van der Waals surface area contributed by atoms with Crippen LogP contribution in [0.15, 0.2) is 42.5 Å². The molecule has 1 atom stereocenters. The Morgan fingerprint density at radius 3 is 2.48 bits per heavy atom. The highest BCUT2D eigenvalue weighted by Gasteiger charge is 2.18. The number of hydrogen-bond acceptors (Lipinski definition) is 1. The lowest BCUT2D eigenvalue weighted by Crippen LogP contribution is -2.25. The molecule has 0 fully saturated rings. The summed E-state index contributed by atoms with van der Waals surface area (Å²) < 4.78 is 41.1. The standard InChI is InChI=1S/C17H18F3N/c1-2-9-21-17(10-12-5-3-4-6-15(12)19)14-11-13(18)7-8-16(14)20/h3-8,11,17,21H,2,9-10H2,1H3. The molecule has 0 aliphatic heterocycles. The van der Waals surface area contributed by atoms with E-state index >= 15 is 0 Å². The van der Waals surface area contributed by atoms with Crippen LogP contribution in [0.1, 0.15) is 30.5 Å². The molecule has 1 unspecified atom stereocenters. The van der Waals surface area contributed by atoms with Crippen molar-refractivity contribution in [2.75, 3.05) is 6.54 Å². The fourth-order valence-corrected chi connectivity index (χ4v) is 2.28. The van der Waals surface area contributed by atoms with Crippen LogP contribution in [-0.4, -0.2) is 6.54 Å². The number of hydrogen-bond donors (Lipinski definition) is 1. The van der Waals surface area contributed by atoms with Crippen molar-refractivity contribution in [1.82, 2.24) is 5.32 Å². The molecule has 1 N–H and O–H groups in total. The lowest BCUT2D eigenvalue weighted by atomic mass is 9.97. The van der Waals surface area contributed by atoms with E-state index in [1.807, 2.05) is 6.92 Å². The Hall–Kier alpha value is -1.81. The first kappa shape index (κ1) is 15.6. The molecular weight excluding hydrogens is 275 g/mol. The molecule has 1 nitrogen and oxygen atoms in total. The zero-order valence-corrected chi connectivity index (χ0v) is 11.9. The van der Waals surface area contributed by atoms with Crippen LogP contribution in [0.4, 0.5) is 13.2 Å². The first-order chi connectivity index (χ1) is 10.1. The van der Waals surface area contributed by atoms with Gasteiger partial charge in [0.2, 0.25) is 0 Å². The Morgan fingerprint density at radius 1 is 1.00 bits per heavy atom. The van der Waals surface area contributed by atoms with E-state index in [-0.39, 0.29) is 17.8 Å². The van der Waals surface area contributed by atoms with Crippen molar-refractivity contribution < 1.29 is 13.2 Å². The van der Waals surface area contributed by atoms with Crippen LogP contribution >= 0.6 is 0 Å². The number of nitrogens with one attached hydrogen (secondary N) is 1. The summed E-state index contributed by atoms with van der Waals surface area (Å²) >= 11 is 0. The number of rotatable bonds is 6. The lowest BCUT2D eigenvalue weighted by Gasteiger charge is -2.20. The molecule has 112 valence electrons. The summed E-state index contributed by atoms with van der Waals surface area (Å²) in [5, 5.41) is 3.16. The third kappa shape index (κ3) is 4.08. The van der Waals surface area contributed by atoms with E-state index in [9.17, 15) is 13.2 Å². The molecule has 2 aromatic rings. The maximum atomic E-state index is 13.9. The van der Waals surface area contributed by atoms with Gasteiger partial charge in [-0.05, 0) is 49.2 Å². The fraction of sp³-hybridized carbons (Fsp3) is 0.294. The van der Waals surface area contributed by atoms with Crippen LogP contribution in [0, 0.1) is 17.5 Å². The van der Waals surface area contributed by atoms with Gasteiger partial charge in [0.15, 0.2) is 0 Å². The van der Waals surface area contributed by atoms with Crippen molar-refractivity contribution in [1.29, 1.82) is 0 Å². The van der Waals surface area contributed by atoms with Gasteiger partial charge in [-0.2, -0.15) is 0 Å². The van der Waals surface area contributed by atoms with E-state index in [1.165, 1.54) is 12.1 Å². The van der Waals surface area contributed by atoms with Crippen LogP contribution < -0.4 is 5.32 Å². The zero-order valence-electron chi connectivity index (χ0n) is 11.9. The van der Waals surface area contributed by atoms with Gasteiger partial charge >= 0.3 is 0 Å². The monoisotopic (exact) mass is 293 g/mol. The minimum Gasteiger partial charge on any atom is -0.310 e. The Bertz CT molecular complexity index is 598. The normalized spacial score (nSPS) is 12.4. The minimum atomic E-state index is -0.497. The van der Waals surface area contributed by atoms with Gasteiger partial charge in [0.1, 0.15) is 17.5 Å². The first-order valence-electron chi connectivity index (χ1n) is 7.03. The van der Waals surface area contributed by atoms with E-state index < -0.39 is 17.7 Å². The molecule has 0 saturated heterocycles. The molecule has 21 heavy (non-hydrogen) atoms. The summed E-state index contributed by atoms with van der Waals surface area (Å²) in [5.41, 5.74) is 0.710. The Labute approximate surface area is 122 Å². The maximum Gasteiger partial charge on any atom is 0.128 e. The fourth-order valence-electron chi connectivity index (χ4n) is 2.28.